The number of amides is 1. The minimum atomic E-state index is -0.846. The maximum Gasteiger partial charge on any atom is 0.408 e. The molecule has 9 heteroatoms. The van der Waals surface area contributed by atoms with Crippen LogP contribution in [0.5, 0.6) is 0 Å². The fourth-order valence-corrected chi connectivity index (χ4v) is 2.37. The molecule has 2 aliphatic heterocycles. The Balaban J connectivity index is 2.18. The van der Waals surface area contributed by atoms with Gasteiger partial charge in [-0.05, 0) is 0 Å². The molecule has 0 saturated carbocycles. The number of esters is 2. The molecule has 0 radical (unpaired) electrons. The zero-order valence-electron chi connectivity index (χ0n) is 11.9. The molecule has 2 rings (SSSR count). The van der Waals surface area contributed by atoms with Gasteiger partial charge in [-0.15, -0.1) is 0 Å². The minimum absolute atomic E-state index is 0.133. The van der Waals surface area contributed by atoms with Crippen LogP contribution in [-0.2, 0) is 33.3 Å². The summed E-state index contributed by atoms with van der Waals surface area (Å²) in [6.07, 6.45) is -3.86. The molecule has 2 aliphatic rings. The molecule has 0 unspecified atom stereocenters. The van der Waals surface area contributed by atoms with E-state index in [2.05, 4.69) is 5.32 Å². The molecule has 0 aromatic heterocycles. The summed E-state index contributed by atoms with van der Waals surface area (Å²) in [5, 5.41) is 2.55. The zero-order valence-corrected chi connectivity index (χ0v) is 11.9. The number of ether oxygens (including phenoxy) is 5. The van der Waals surface area contributed by atoms with Crippen molar-refractivity contribution in [1.29, 1.82) is 0 Å². The maximum atomic E-state index is 11.4. The SMILES string of the molecule is CO[C@@H]1O[C@H](COC(C)=O)[C@@H](OC(C)=O)[C@H]2NC(=O)O[C@@H]12. The van der Waals surface area contributed by atoms with Gasteiger partial charge in [0.25, 0.3) is 0 Å². The number of carbonyl (C=O) groups is 3. The van der Waals surface area contributed by atoms with E-state index in [4.69, 9.17) is 23.7 Å². The summed E-state index contributed by atoms with van der Waals surface area (Å²) in [5.41, 5.74) is 0. The molecule has 0 spiro atoms. The average molecular weight is 303 g/mol. The molecule has 2 heterocycles. The largest absolute Gasteiger partial charge is 0.463 e. The summed E-state index contributed by atoms with van der Waals surface area (Å²) in [6.45, 7) is 2.35. The highest BCUT2D eigenvalue weighted by molar-refractivity contribution is 5.71. The molecular formula is C12H17NO8. The van der Waals surface area contributed by atoms with Crippen molar-refractivity contribution in [2.45, 2.75) is 44.5 Å². The Hall–Kier alpha value is -1.87. The fraction of sp³-hybridized carbons (Fsp3) is 0.750. The summed E-state index contributed by atoms with van der Waals surface area (Å²) < 4.78 is 25.8. The second-order valence-corrected chi connectivity index (χ2v) is 4.70. The highest BCUT2D eigenvalue weighted by Gasteiger charge is 2.54. The van der Waals surface area contributed by atoms with Crippen molar-refractivity contribution in [1.82, 2.24) is 5.32 Å². The first-order valence-electron chi connectivity index (χ1n) is 6.38. The van der Waals surface area contributed by atoms with Crippen LogP contribution >= 0.6 is 0 Å². The predicted octanol–water partition coefficient (Wildman–Crippen LogP) is -0.670. The van der Waals surface area contributed by atoms with E-state index in [0.717, 1.165) is 0 Å². The van der Waals surface area contributed by atoms with Crippen molar-refractivity contribution in [3.8, 4) is 0 Å². The standard InChI is InChI=1S/C12H17NO8/c1-5(14)18-4-7-9(19-6(2)15)8-10(11(17-3)20-7)21-12(16)13-8/h7-11H,4H2,1-3H3,(H,13,16)/t7-,8-,9-,10-,11-/m1/s1. The lowest BCUT2D eigenvalue weighted by Crippen LogP contribution is -2.62. The quantitative estimate of drug-likeness (QED) is 0.538. The highest BCUT2D eigenvalue weighted by atomic mass is 16.7. The van der Waals surface area contributed by atoms with Crippen LogP contribution < -0.4 is 5.32 Å². The molecule has 2 saturated heterocycles. The van der Waals surface area contributed by atoms with E-state index in [-0.39, 0.29) is 6.61 Å². The van der Waals surface area contributed by atoms with Crippen LogP contribution in [0, 0.1) is 0 Å². The van der Waals surface area contributed by atoms with E-state index in [1.165, 1.54) is 21.0 Å². The van der Waals surface area contributed by atoms with Gasteiger partial charge in [-0.3, -0.25) is 9.59 Å². The molecule has 2 fully saturated rings. The predicted molar refractivity (Wildman–Crippen MR) is 65.0 cm³/mol. The third-order valence-electron chi connectivity index (χ3n) is 3.16. The number of hydrogen-bond acceptors (Lipinski definition) is 8. The zero-order chi connectivity index (χ0) is 15.6. The Kier molecular flexibility index (Phi) is 4.63. The monoisotopic (exact) mass is 303 g/mol. The lowest BCUT2D eigenvalue weighted by atomic mass is 9.97. The first-order chi connectivity index (χ1) is 9.92. The molecule has 0 aromatic rings. The van der Waals surface area contributed by atoms with E-state index in [1.807, 2.05) is 0 Å². The van der Waals surface area contributed by atoms with Crippen LogP contribution in [0.4, 0.5) is 4.79 Å². The average Bonchev–Trinajstić information content (AvgIpc) is 2.78. The number of fused-ring (bicyclic) bond motifs is 1. The van der Waals surface area contributed by atoms with Crippen LogP contribution in [0.25, 0.3) is 0 Å². The minimum Gasteiger partial charge on any atom is -0.463 e. The van der Waals surface area contributed by atoms with E-state index in [0.29, 0.717) is 0 Å². The molecule has 1 N–H and O–H groups in total. The second kappa shape index (κ2) is 6.27. The van der Waals surface area contributed by atoms with Crippen molar-refractivity contribution in [2.75, 3.05) is 13.7 Å². The van der Waals surface area contributed by atoms with Gasteiger partial charge in [0.05, 0.1) is 0 Å². The number of rotatable bonds is 4. The van der Waals surface area contributed by atoms with Gasteiger partial charge in [-0.2, -0.15) is 0 Å². The van der Waals surface area contributed by atoms with Crippen LogP contribution in [-0.4, -0.2) is 62.4 Å². The van der Waals surface area contributed by atoms with Crippen molar-refractivity contribution in [3.63, 3.8) is 0 Å². The number of nitrogens with one attached hydrogen (secondary N) is 1. The molecule has 1 amide bonds. The molecular weight excluding hydrogens is 286 g/mol. The second-order valence-electron chi connectivity index (χ2n) is 4.70. The third-order valence-corrected chi connectivity index (χ3v) is 3.16. The lowest BCUT2D eigenvalue weighted by Gasteiger charge is -2.40. The highest BCUT2D eigenvalue weighted by Crippen LogP contribution is 2.29. The molecule has 118 valence electrons. The van der Waals surface area contributed by atoms with Gasteiger partial charge in [0.2, 0.25) is 0 Å². The van der Waals surface area contributed by atoms with Gasteiger partial charge in [0.1, 0.15) is 18.8 Å². The van der Waals surface area contributed by atoms with Crippen molar-refractivity contribution in [3.05, 3.63) is 0 Å². The smallest absolute Gasteiger partial charge is 0.408 e. The Bertz CT molecular complexity index is 439. The topological polar surface area (TPSA) is 109 Å². The Morgan fingerprint density at radius 3 is 2.57 bits per heavy atom. The Morgan fingerprint density at radius 2 is 2.00 bits per heavy atom. The maximum absolute atomic E-state index is 11.4. The van der Waals surface area contributed by atoms with Crippen molar-refractivity contribution >= 4 is 18.0 Å². The van der Waals surface area contributed by atoms with Gasteiger partial charge in [-0.25, -0.2) is 4.79 Å². The summed E-state index contributed by atoms with van der Waals surface area (Å²) >= 11 is 0. The van der Waals surface area contributed by atoms with E-state index in [9.17, 15) is 14.4 Å². The third kappa shape index (κ3) is 3.42. The summed E-state index contributed by atoms with van der Waals surface area (Å²) in [7, 11) is 1.39. The number of methoxy groups -OCH3 is 1. The van der Waals surface area contributed by atoms with Crippen LogP contribution in [0.2, 0.25) is 0 Å². The summed E-state index contributed by atoms with van der Waals surface area (Å²) in [4.78, 5) is 33.6. The van der Waals surface area contributed by atoms with E-state index in [1.54, 1.807) is 0 Å². The molecule has 5 atom stereocenters. The number of hydrogen-bond donors (Lipinski definition) is 1. The normalized spacial score (nSPS) is 34.4. The molecule has 21 heavy (non-hydrogen) atoms. The van der Waals surface area contributed by atoms with Crippen LogP contribution in [0.15, 0.2) is 0 Å². The molecule has 0 bridgehead atoms. The Labute approximate surface area is 120 Å². The van der Waals surface area contributed by atoms with Crippen molar-refractivity contribution in [2.24, 2.45) is 0 Å². The van der Waals surface area contributed by atoms with Gasteiger partial charge >= 0.3 is 18.0 Å². The Morgan fingerprint density at radius 1 is 1.29 bits per heavy atom. The van der Waals surface area contributed by atoms with Crippen molar-refractivity contribution < 1.29 is 38.1 Å². The number of alkyl carbamates (subject to hydrolysis) is 1. The van der Waals surface area contributed by atoms with Crippen LogP contribution in [0.1, 0.15) is 13.8 Å². The van der Waals surface area contributed by atoms with Crippen LogP contribution in [0.3, 0.4) is 0 Å². The molecule has 0 aromatic carbocycles. The van der Waals surface area contributed by atoms with E-state index < -0.39 is 48.7 Å². The number of carbonyl (C=O) groups excluding carboxylic acids is 3. The summed E-state index contributed by atoms with van der Waals surface area (Å²) in [6, 6.07) is -0.638. The first kappa shape index (κ1) is 15.5. The molecule has 9 nitrogen and oxygen atoms in total. The van der Waals surface area contributed by atoms with E-state index >= 15 is 0 Å². The van der Waals surface area contributed by atoms with Gasteiger partial charge in [0, 0.05) is 21.0 Å². The lowest BCUT2D eigenvalue weighted by molar-refractivity contribution is -0.264. The molecule has 0 aliphatic carbocycles. The van der Waals surface area contributed by atoms with Gasteiger partial charge in [0.15, 0.2) is 18.5 Å². The van der Waals surface area contributed by atoms with Gasteiger partial charge < -0.3 is 29.0 Å². The fourth-order valence-electron chi connectivity index (χ4n) is 2.37. The first-order valence-corrected chi connectivity index (χ1v) is 6.38. The summed E-state index contributed by atoms with van der Waals surface area (Å²) in [5.74, 6) is -1.05. The van der Waals surface area contributed by atoms with Gasteiger partial charge in [-0.1, -0.05) is 0 Å².